The van der Waals surface area contributed by atoms with Crippen LogP contribution in [0.3, 0.4) is 0 Å². The number of carbonyl (C=O) groups is 2. The Morgan fingerprint density at radius 3 is 2.54 bits per heavy atom. The first kappa shape index (κ1) is 20.1. The number of nitrogens with one attached hydrogen (secondary N) is 1. The van der Waals surface area contributed by atoms with Crippen molar-refractivity contribution < 1.29 is 14.3 Å². The summed E-state index contributed by atoms with van der Waals surface area (Å²) in [4.78, 5) is 25.3. The van der Waals surface area contributed by atoms with Gasteiger partial charge >= 0.3 is 5.97 Å². The van der Waals surface area contributed by atoms with Crippen molar-refractivity contribution in [1.29, 1.82) is 0 Å². The lowest BCUT2D eigenvalue weighted by atomic mass is 9.86. The van der Waals surface area contributed by atoms with Crippen molar-refractivity contribution in [2.75, 3.05) is 0 Å². The zero-order valence-corrected chi connectivity index (χ0v) is 17.1. The number of para-hydroxylation sites is 1. The summed E-state index contributed by atoms with van der Waals surface area (Å²) in [5.41, 5.74) is 2.57. The maximum Gasteiger partial charge on any atom is 0.342 e. The van der Waals surface area contributed by atoms with Crippen LogP contribution in [0.15, 0.2) is 30.3 Å². The molecule has 1 aromatic heterocycles. The van der Waals surface area contributed by atoms with Gasteiger partial charge in [0.2, 0.25) is 0 Å². The molecule has 6 heteroatoms. The molecule has 3 rings (SSSR count). The smallest absolute Gasteiger partial charge is 0.342 e. The SMILES string of the molecule is Cc1nn(-c2ccccc2)c(C)c1C(=O)O[C@H](C)C(=O)N[C@H]1CCCC[C@@H]1C. The van der Waals surface area contributed by atoms with Gasteiger partial charge in [0.05, 0.1) is 17.1 Å². The monoisotopic (exact) mass is 383 g/mol. The van der Waals surface area contributed by atoms with Gasteiger partial charge in [-0.3, -0.25) is 4.79 Å². The predicted molar refractivity (Wildman–Crippen MR) is 107 cm³/mol. The Morgan fingerprint density at radius 1 is 1.18 bits per heavy atom. The molecule has 1 aliphatic rings. The zero-order chi connectivity index (χ0) is 20.3. The van der Waals surface area contributed by atoms with Crippen LogP contribution in [0.25, 0.3) is 5.69 Å². The Bertz CT molecular complexity index is 844. The van der Waals surface area contributed by atoms with Gasteiger partial charge in [0, 0.05) is 6.04 Å². The van der Waals surface area contributed by atoms with Crippen molar-refractivity contribution in [2.45, 2.75) is 65.5 Å². The fourth-order valence-electron chi connectivity index (χ4n) is 3.86. The molecule has 1 amide bonds. The molecule has 3 atom stereocenters. The molecular formula is C22H29N3O3. The number of aryl methyl sites for hydroxylation is 1. The number of ether oxygens (including phenoxy) is 1. The van der Waals surface area contributed by atoms with Crippen LogP contribution in [0.5, 0.6) is 0 Å². The van der Waals surface area contributed by atoms with Gasteiger partial charge in [-0.2, -0.15) is 5.10 Å². The Labute approximate surface area is 166 Å². The number of hydrogen-bond donors (Lipinski definition) is 1. The molecule has 28 heavy (non-hydrogen) atoms. The molecule has 0 unspecified atom stereocenters. The Kier molecular flexibility index (Phi) is 6.17. The zero-order valence-electron chi connectivity index (χ0n) is 17.1. The Morgan fingerprint density at radius 2 is 1.86 bits per heavy atom. The minimum Gasteiger partial charge on any atom is -0.449 e. The summed E-state index contributed by atoms with van der Waals surface area (Å²) >= 11 is 0. The third-order valence-electron chi connectivity index (χ3n) is 5.59. The topological polar surface area (TPSA) is 73.2 Å². The maximum atomic E-state index is 12.7. The van der Waals surface area contributed by atoms with Gasteiger partial charge in [-0.25, -0.2) is 9.48 Å². The normalized spacial score (nSPS) is 20.4. The van der Waals surface area contributed by atoms with Crippen molar-refractivity contribution in [2.24, 2.45) is 5.92 Å². The van der Waals surface area contributed by atoms with Crippen molar-refractivity contribution in [3.05, 3.63) is 47.3 Å². The summed E-state index contributed by atoms with van der Waals surface area (Å²) in [6.45, 7) is 7.38. The molecule has 0 radical (unpaired) electrons. The van der Waals surface area contributed by atoms with Gasteiger partial charge in [-0.1, -0.05) is 38.0 Å². The number of aromatic nitrogens is 2. The Hall–Kier alpha value is -2.63. The van der Waals surface area contributed by atoms with Crippen LogP contribution in [0, 0.1) is 19.8 Å². The summed E-state index contributed by atoms with van der Waals surface area (Å²) in [5.74, 6) is -0.302. The minimum absolute atomic E-state index is 0.159. The molecule has 6 nitrogen and oxygen atoms in total. The summed E-state index contributed by atoms with van der Waals surface area (Å²) in [5, 5.41) is 7.52. The average molecular weight is 383 g/mol. The van der Waals surface area contributed by atoms with Gasteiger partial charge in [0.15, 0.2) is 6.10 Å². The van der Waals surface area contributed by atoms with Crippen LogP contribution < -0.4 is 5.32 Å². The minimum atomic E-state index is -0.847. The van der Waals surface area contributed by atoms with E-state index in [2.05, 4.69) is 17.3 Å². The van der Waals surface area contributed by atoms with Crippen molar-refractivity contribution in [3.63, 3.8) is 0 Å². The van der Waals surface area contributed by atoms with E-state index in [4.69, 9.17) is 4.74 Å². The van der Waals surface area contributed by atoms with E-state index in [1.54, 1.807) is 18.5 Å². The van der Waals surface area contributed by atoms with Crippen LogP contribution in [-0.4, -0.2) is 33.8 Å². The van der Waals surface area contributed by atoms with Crippen LogP contribution >= 0.6 is 0 Å². The van der Waals surface area contributed by atoms with Crippen molar-refractivity contribution in [1.82, 2.24) is 15.1 Å². The van der Waals surface area contributed by atoms with E-state index < -0.39 is 12.1 Å². The second-order valence-electron chi connectivity index (χ2n) is 7.72. The molecule has 0 spiro atoms. The molecule has 1 N–H and O–H groups in total. The highest BCUT2D eigenvalue weighted by molar-refractivity contribution is 5.94. The first-order valence-corrected chi connectivity index (χ1v) is 10.0. The first-order chi connectivity index (χ1) is 13.4. The summed E-state index contributed by atoms with van der Waals surface area (Å²) in [7, 11) is 0. The average Bonchev–Trinajstić information content (AvgIpc) is 2.98. The third-order valence-corrected chi connectivity index (χ3v) is 5.59. The first-order valence-electron chi connectivity index (χ1n) is 10.0. The van der Waals surface area contributed by atoms with Gasteiger partial charge in [0.1, 0.15) is 5.56 Å². The van der Waals surface area contributed by atoms with Crippen LogP contribution in [0.1, 0.15) is 61.3 Å². The number of rotatable bonds is 5. The van der Waals surface area contributed by atoms with Crippen molar-refractivity contribution >= 4 is 11.9 Å². The summed E-state index contributed by atoms with van der Waals surface area (Å²) < 4.78 is 7.20. The largest absolute Gasteiger partial charge is 0.449 e. The molecule has 2 aromatic rings. The standard InChI is InChI=1S/C22H29N3O3/c1-14-10-8-9-13-19(14)23-21(26)17(4)28-22(27)20-15(2)24-25(16(20)3)18-11-6-5-7-12-18/h5-7,11-12,14,17,19H,8-10,13H2,1-4H3,(H,23,26)/t14-,17+,19-/m0/s1. The maximum absolute atomic E-state index is 12.7. The summed E-state index contributed by atoms with van der Waals surface area (Å²) in [6, 6.07) is 9.78. The van der Waals surface area contributed by atoms with E-state index in [0.717, 1.165) is 24.9 Å². The number of hydrogen-bond acceptors (Lipinski definition) is 4. The second-order valence-corrected chi connectivity index (χ2v) is 7.72. The fraction of sp³-hybridized carbons (Fsp3) is 0.500. The lowest BCUT2D eigenvalue weighted by Crippen LogP contribution is -2.46. The number of carbonyl (C=O) groups excluding carboxylic acids is 2. The van der Waals surface area contributed by atoms with Gasteiger partial charge in [0.25, 0.3) is 5.91 Å². The highest BCUT2D eigenvalue weighted by Gasteiger charge is 2.28. The van der Waals surface area contributed by atoms with Gasteiger partial charge < -0.3 is 10.1 Å². The second kappa shape index (κ2) is 8.59. The van der Waals surface area contributed by atoms with E-state index in [0.29, 0.717) is 22.9 Å². The van der Waals surface area contributed by atoms with Crippen LogP contribution in [-0.2, 0) is 9.53 Å². The highest BCUT2D eigenvalue weighted by atomic mass is 16.5. The van der Waals surface area contributed by atoms with Gasteiger partial charge in [-0.05, 0) is 51.7 Å². The Balaban J connectivity index is 1.69. The van der Waals surface area contributed by atoms with E-state index in [1.807, 2.05) is 37.3 Å². The summed E-state index contributed by atoms with van der Waals surface area (Å²) in [6.07, 6.45) is 3.59. The van der Waals surface area contributed by atoms with Crippen LogP contribution in [0.2, 0.25) is 0 Å². The molecular weight excluding hydrogens is 354 g/mol. The quantitative estimate of drug-likeness (QED) is 0.799. The molecule has 0 aliphatic heterocycles. The molecule has 150 valence electrons. The molecule has 0 bridgehead atoms. The molecule has 1 aromatic carbocycles. The van der Waals surface area contributed by atoms with Gasteiger partial charge in [-0.15, -0.1) is 0 Å². The fourth-order valence-corrected chi connectivity index (χ4v) is 3.86. The molecule has 1 heterocycles. The number of benzene rings is 1. The van der Waals surface area contributed by atoms with Crippen LogP contribution in [0.4, 0.5) is 0 Å². The van der Waals surface area contributed by atoms with E-state index in [1.165, 1.54) is 6.42 Å². The lowest BCUT2D eigenvalue weighted by Gasteiger charge is -2.30. The number of nitrogens with zero attached hydrogens (tertiary/aromatic N) is 2. The third kappa shape index (κ3) is 4.26. The van der Waals surface area contributed by atoms with E-state index in [9.17, 15) is 9.59 Å². The van der Waals surface area contributed by atoms with Crippen molar-refractivity contribution in [3.8, 4) is 5.69 Å². The lowest BCUT2D eigenvalue weighted by molar-refractivity contribution is -0.130. The van der Waals surface area contributed by atoms with E-state index in [-0.39, 0.29) is 11.9 Å². The number of esters is 1. The van der Waals surface area contributed by atoms with E-state index >= 15 is 0 Å². The molecule has 0 saturated heterocycles. The molecule has 1 fully saturated rings. The predicted octanol–water partition coefficient (Wildman–Crippen LogP) is 3.73. The number of amides is 1. The molecule has 1 saturated carbocycles. The molecule has 1 aliphatic carbocycles. The highest BCUT2D eigenvalue weighted by Crippen LogP contribution is 2.24.